The van der Waals surface area contributed by atoms with Gasteiger partial charge in [-0.15, -0.1) is 11.6 Å². The Morgan fingerprint density at radius 2 is 2.36 bits per heavy atom. The fourth-order valence-electron chi connectivity index (χ4n) is 0.857. The molecule has 62 valence electrons. The molecule has 0 aliphatic rings. The molecule has 0 saturated carbocycles. The molecule has 0 N–H and O–H groups in total. The minimum Gasteiger partial charge on any atom is -0.252 e. The van der Waals surface area contributed by atoms with Gasteiger partial charge < -0.3 is 0 Å². The first-order valence-corrected chi connectivity index (χ1v) is 4.20. The van der Waals surface area contributed by atoms with E-state index >= 15 is 0 Å². The molecule has 1 aromatic rings. The monoisotopic (exact) mass is 173 g/mol. The molecule has 1 rings (SSSR count). The molecule has 1 heterocycles. The van der Waals surface area contributed by atoms with Gasteiger partial charge in [0.05, 0.1) is 5.88 Å². The first kappa shape index (κ1) is 8.53. The van der Waals surface area contributed by atoms with E-state index in [1.165, 1.54) is 0 Å². The molecule has 4 heteroatoms. The van der Waals surface area contributed by atoms with E-state index in [2.05, 4.69) is 23.9 Å². The summed E-state index contributed by atoms with van der Waals surface area (Å²) >= 11 is 5.54. The zero-order valence-electron chi connectivity index (χ0n) is 6.79. The highest BCUT2D eigenvalue weighted by Gasteiger charge is 1.99. The van der Waals surface area contributed by atoms with Crippen molar-refractivity contribution in [2.45, 2.75) is 26.3 Å². The van der Waals surface area contributed by atoms with Crippen molar-refractivity contribution in [2.75, 3.05) is 0 Å². The number of aromatic nitrogens is 3. The largest absolute Gasteiger partial charge is 0.252 e. The zero-order chi connectivity index (χ0) is 8.27. The van der Waals surface area contributed by atoms with Gasteiger partial charge in [-0.25, -0.2) is 4.98 Å². The summed E-state index contributed by atoms with van der Waals surface area (Å²) in [6, 6.07) is 0. The van der Waals surface area contributed by atoms with E-state index in [0.29, 0.717) is 17.6 Å². The third-order valence-corrected chi connectivity index (χ3v) is 1.49. The maximum absolute atomic E-state index is 5.54. The van der Waals surface area contributed by atoms with E-state index in [0.717, 1.165) is 6.54 Å². The van der Waals surface area contributed by atoms with Gasteiger partial charge in [0.25, 0.3) is 0 Å². The third kappa shape index (κ3) is 2.50. The van der Waals surface area contributed by atoms with E-state index in [1.54, 1.807) is 6.33 Å². The molecule has 0 unspecified atom stereocenters. The Balaban J connectivity index is 2.58. The van der Waals surface area contributed by atoms with Crippen molar-refractivity contribution in [2.24, 2.45) is 5.92 Å². The second-order valence-electron chi connectivity index (χ2n) is 2.91. The van der Waals surface area contributed by atoms with Crippen molar-refractivity contribution >= 4 is 11.6 Å². The van der Waals surface area contributed by atoms with Crippen LogP contribution in [0.4, 0.5) is 0 Å². The van der Waals surface area contributed by atoms with Crippen molar-refractivity contribution < 1.29 is 0 Å². The van der Waals surface area contributed by atoms with Crippen LogP contribution >= 0.6 is 11.6 Å². The molecule has 0 atom stereocenters. The fraction of sp³-hybridized carbons (Fsp3) is 0.714. The van der Waals surface area contributed by atoms with Crippen LogP contribution in [0.3, 0.4) is 0 Å². The van der Waals surface area contributed by atoms with Crippen molar-refractivity contribution in [1.82, 2.24) is 14.8 Å². The molecular formula is C7H12ClN3. The Kier molecular flexibility index (Phi) is 2.88. The Bertz CT molecular complexity index is 219. The molecule has 11 heavy (non-hydrogen) atoms. The second kappa shape index (κ2) is 3.72. The summed E-state index contributed by atoms with van der Waals surface area (Å²) in [4.78, 5) is 4.01. The molecule has 1 aromatic heterocycles. The van der Waals surface area contributed by atoms with Crippen molar-refractivity contribution in [3.05, 3.63) is 12.2 Å². The van der Waals surface area contributed by atoms with Gasteiger partial charge in [-0.3, -0.25) is 4.68 Å². The van der Waals surface area contributed by atoms with Gasteiger partial charge in [0.2, 0.25) is 0 Å². The Labute approximate surface area is 71.4 Å². The average Bonchev–Trinajstić information content (AvgIpc) is 2.34. The summed E-state index contributed by atoms with van der Waals surface area (Å²) in [5, 5.41) is 4.14. The van der Waals surface area contributed by atoms with Gasteiger partial charge in [0.1, 0.15) is 6.33 Å². The number of hydrogen-bond acceptors (Lipinski definition) is 2. The lowest BCUT2D eigenvalue weighted by Gasteiger charge is -2.01. The maximum atomic E-state index is 5.54. The van der Waals surface area contributed by atoms with E-state index in [-0.39, 0.29) is 0 Å². The SMILES string of the molecule is CC(C)Cn1cnc(CCl)n1. The van der Waals surface area contributed by atoms with Gasteiger partial charge >= 0.3 is 0 Å². The van der Waals surface area contributed by atoms with Gasteiger partial charge in [0.15, 0.2) is 5.82 Å². The Morgan fingerprint density at radius 3 is 2.82 bits per heavy atom. The van der Waals surface area contributed by atoms with E-state index in [9.17, 15) is 0 Å². The number of hydrogen-bond donors (Lipinski definition) is 0. The molecule has 0 saturated heterocycles. The molecule has 0 aliphatic heterocycles. The number of rotatable bonds is 3. The Hall–Kier alpha value is -0.570. The Morgan fingerprint density at radius 1 is 1.64 bits per heavy atom. The van der Waals surface area contributed by atoms with Crippen LogP contribution in [0.25, 0.3) is 0 Å². The minimum absolute atomic E-state index is 0.394. The van der Waals surface area contributed by atoms with Gasteiger partial charge in [-0.2, -0.15) is 5.10 Å². The van der Waals surface area contributed by atoms with Crippen LogP contribution in [0, 0.1) is 5.92 Å². The summed E-state index contributed by atoms with van der Waals surface area (Å²) in [7, 11) is 0. The van der Waals surface area contributed by atoms with Crippen LogP contribution in [0.1, 0.15) is 19.7 Å². The molecule has 3 nitrogen and oxygen atoms in total. The number of halogens is 1. The highest BCUT2D eigenvalue weighted by Crippen LogP contribution is 1.99. The molecule has 0 bridgehead atoms. The van der Waals surface area contributed by atoms with Crippen LogP contribution in [-0.2, 0) is 12.4 Å². The standard InChI is InChI=1S/C7H12ClN3/c1-6(2)4-11-5-9-7(3-8)10-11/h5-6H,3-4H2,1-2H3. The van der Waals surface area contributed by atoms with Crippen LogP contribution in [0.5, 0.6) is 0 Å². The number of alkyl halides is 1. The minimum atomic E-state index is 0.394. The smallest absolute Gasteiger partial charge is 0.165 e. The first-order chi connectivity index (χ1) is 5.22. The maximum Gasteiger partial charge on any atom is 0.165 e. The average molecular weight is 174 g/mol. The van der Waals surface area contributed by atoms with Crippen LogP contribution in [0.2, 0.25) is 0 Å². The lowest BCUT2D eigenvalue weighted by Crippen LogP contribution is -2.04. The van der Waals surface area contributed by atoms with Crippen molar-refractivity contribution in [1.29, 1.82) is 0 Å². The summed E-state index contributed by atoms with van der Waals surface area (Å²) in [6.45, 7) is 5.19. The van der Waals surface area contributed by atoms with Gasteiger partial charge in [0, 0.05) is 6.54 Å². The summed E-state index contributed by atoms with van der Waals surface area (Å²) in [5.74, 6) is 1.69. The highest BCUT2D eigenvalue weighted by atomic mass is 35.5. The van der Waals surface area contributed by atoms with E-state index < -0.39 is 0 Å². The summed E-state index contributed by atoms with van der Waals surface area (Å²) < 4.78 is 1.82. The molecule has 0 amide bonds. The predicted octanol–water partition coefficient (Wildman–Crippen LogP) is 1.67. The summed E-state index contributed by atoms with van der Waals surface area (Å²) in [6.07, 6.45) is 1.72. The van der Waals surface area contributed by atoms with Crippen LogP contribution < -0.4 is 0 Å². The topological polar surface area (TPSA) is 30.7 Å². The molecule has 0 radical (unpaired) electrons. The lowest BCUT2D eigenvalue weighted by atomic mass is 10.2. The van der Waals surface area contributed by atoms with Crippen molar-refractivity contribution in [3.63, 3.8) is 0 Å². The van der Waals surface area contributed by atoms with Gasteiger partial charge in [-0.05, 0) is 5.92 Å². The first-order valence-electron chi connectivity index (χ1n) is 3.66. The third-order valence-electron chi connectivity index (χ3n) is 1.26. The van der Waals surface area contributed by atoms with E-state index in [1.807, 2.05) is 4.68 Å². The quantitative estimate of drug-likeness (QED) is 0.652. The molecule has 0 aliphatic carbocycles. The molecule has 0 spiro atoms. The highest BCUT2D eigenvalue weighted by molar-refractivity contribution is 6.16. The predicted molar refractivity (Wildman–Crippen MR) is 44.4 cm³/mol. The zero-order valence-corrected chi connectivity index (χ0v) is 7.54. The fourth-order valence-corrected chi connectivity index (χ4v) is 0.979. The van der Waals surface area contributed by atoms with Gasteiger partial charge in [-0.1, -0.05) is 13.8 Å². The second-order valence-corrected chi connectivity index (χ2v) is 3.18. The lowest BCUT2D eigenvalue weighted by molar-refractivity contribution is 0.480. The molecular weight excluding hydrogens is 162 g/mol. The van der Waals surface area contributed by atoms with Crippen LogP contribution in [-0.4, -0.2) is 14.8 Å². The normalized spacial score (nSPS) is 10.9. The molecule has 0 fully saturated rings. The summed E-state index contributed by atoms with van der Waals surface area (Å²) in [5.41, 5.74) is 0. The van der Waals surface area contributed by atoms with Crippen LogP contribution in [0.15, 0.2) is 6.33 Å². The number of nitrogens with zero attached hydrogens (tertiary/aromatic N) is 3. The van der Waals surface area contributed by atoms with E-state index in [4.69, 9.17) is 11.6 Å². The van der Waals surface area contributed by atoms with Crippen molar-refractivity contribution in [3.8, 4) is 0 Å². The molecule has 0 aromatic carbocycles.